The molecule has 1 aliphatic heterocycles. The number of likely N-dealkylation sites (tertiary alicyclic amines) is 1. The molecule has 1 aromatic carbocycles. The summed E-state index contributed by atoms with van der Waals surface area (Å²) in [4.78, 5) is 32.5. The first-order chi connectivity index (χ1) is 13.5. The molecule has 7 nitrogen and oxygen atoms in total. The minimum Gasteiger partial charge on any atom is -0.317 e. The molecule has 0 N–H and O–H groups in total. The highest BCUT2D eigenvalue weighted by Gasteiger charge is 2.21. The van der Waals surface area contributed by atoms with Gasteiger partial charge in [-0.25, -0.2) is 9.78 Å². The van der Waals surface area contributed by atoms with Crippen LogP contribution in [-0.4, -0.2) is 36.7 Å². The van der Waals surface area contributed by atoms with Gasteiger partial charge in [0, 0.05) is 20.6 Å². The van der Waals surface area contributed by atoms with Gasteiger partial charge in [0.1, 0.15) is 5.82 Å². The van der Waals surface area contributed by atoms with Gasteiger partial charge in [-0.3, -0.25) is 18.8 Å². The monoisotopic (exact) mass is 381 g/mol. The minimum atomic E-state index is -0.345. The quantitative estimate of drug-likeness (QED) is 0.691. The van der Waals surface area contributed by atoms with Crippen LogP contribution in [-0.2, 0) is 27.2 Å². The van der Waals surface area contributed by atoms with E-state index >= 15 is 0 Å². The molecular weight excluding hydrogens is 354 g/mol. The number of rotatable bonds is 4. The van der Waals surface area contributed by atoms with E-state index in [1.807, 2.05) is 10.6 Å². The van der Waals surface area contributed by atoms with E-state index in [0.717, 1.165) is 24.5 Å². The van der Waals surface area contributed by atoms with Crippen LogP contribution in [0.1, 0.15) is 36.2 Å². The lowest BCUT2D eigenvalue weighted by atomic mass is 10.1. The first-order valence-electron chi connectivity index (χ1n) is 9.88. The molecule has 0 atom stereocenters. The average Bonchev–Trinajstić information content (AvgIpc) is 3.03. The Hall–Kier alpha value is -2.67. The van der Waals surface area contributed by atoms with Crippen molar-refractivity contribution in [2.45, 2.75) is 39.3 Å². The number of nitrogens with zero attached hydrogens (tertiary/aromatic N) is 5. The lowest BCUT2D eigenvalue weighted by molar-refractivity contribution is 0.214. The van der Waals surface area contributed by atoms with Crippen LogP contribution in [0.25, 0.3) is 11.2 Å². The third-order valence-electron chi connectivity index (χ3n) is 5.66. The zero-order chi connectivity index (χ0) is 19.8. The Balaban J connectivity index is 1.88. The SMILES string of the molecule is Cc1cccc(Cn2c(CN3CCCCC3)nc3c2c(=O)n(C)c(=O)n3C)c1. The fourth-order valence-electron chi connectivity index (χ4n) is 4.09. The number of hydrogen-bond donors (Lipinski definition) is 0. The topological polar surface area (TPSA) is 65.1 Å². The smallest absolute Gasteiger partial charge is 0.317 e. The van der Waals surface area contributed by atoms with E-state index in [0.29, 0.717) is 24.3 Å². The molecule has 0 radical (unpaired) electrons. The van der Waals surface area contributed by atoms with Crippen molar-refractivity contribution in [1.82, 2.24) is 23.6 Å². The van der Waals surface area contributed by atoms with Gasteiger partial charge in [-0.05, 0) is 38.4 Å². The largest absolute Gasteiger partial charge is 0.332 e. The maximum absolute atomic E-state index is 13.0. The summed E-state index contributed by atoms with van der Waals surface area (Å²) in [6.45, 7) is 5.41. The summed E-state index contributed by atoms with van der Waals surface area (Å²) in [6.07, 6.45) is 3.65. The fraction of sp³-hybridized carbons (Fsp3) is 0.476. The molecule has 7 heteroatoms. The first kappa shape index (κ1) is 18.7. The zero-order valence-corrected chi connectivity index (χ0v) is 16.8. The van der Waals surface area contributed by atoms with Gasteiger partial charge >= 0.3 is 5.69 Å². The van der Waals surface area contributed by atoms with Crippen LogP contribution in [0, 0.1) is 6.92 Å². The number of piperidine rings is 1. The van der Waals surface area contributed by atoms with Crippen molar-refractivity contribution in [3.05, 3.63) is 62.1 Å². The van der Waals surface area contributed by atoms with Crippen LogP contribution in [0.3, 0.4) is 0 Å². The predicted molar refractivity (Wildman–Crippen MR) is 110 cm³/mol. The Morgan fingerprint density at radius 3 is 2.46 bits per heavy atom. The lowest BCUT2D eigenvalue weighted by Crippen LogP contribution is -2.37. The Morgan fingerprint density at radius 2 is 1.75 bits per heavy atom. The van der Waals surface area contributed by atoms with E-state index < -0.39 is 0 Å². The second kappa shape index (κ2) is 7.39. The van der Waals surface area contributed by atoms with Crippen LogP contribution >= 0.6 is 0 Å². The summed E-state index contributed by atoms with van der Waals surface area (Å²) < 4.78 is 4.64. The van der Waals surface area contributed by atoms with Crippen LogP contribution in [0.4, 0.5) is 0 Å². The van der Waals surface area contributed by atoms with Gasteiger partial charge in [0.2, 0.25) is 0 Å². The number of benzene rings is 1. The molecule has 1 aliphatic rings. The van der Waals surface area contributed by atoms with E-state index in [4.69, 9.17) is 4.98 Å². The van der Waals surface area contributed by atoms with Crippen molar-refractivity contribution >= 4 is 11.2 Å². The molecule has 1 fully saturated rings. The normalized spacial score (nSPS) is 15.4. The summed E-state index contributed by atoms with van der Waals surface area (Å²) in [6, 6.07) is 8.29. The van der Waals surface area contributed by atoms with Gasteiger partial charge in [0.15, 0.2) is 11.2 Å². The maximum Gasteiger partial charge on any atom is 0.332 e. The van der Waals surface area contributed by atoms with Gasteiger partial charge in [-0.2, -0.15) is 0 Å². The number of aromatic nitrogens is 4. The predicted octanol–water partition coefficient (Wildman–Crippen LogP) is 1.78. The Morgan fingerprint density at radius 1 is 1.00 bits per heavy atom. The highest BCUT2D eigenvalue weighted by atomic mass is 16.2. The van der Waals surface area contributed by atoms with Crippen LogP contribution in [0.2, 0.25) is 0 Å². The Labute approximate surface area is 163 Å². The standard InChI is InChI=1S/C21H27N5O2/c1-15-8-7-9-16(12-15)13-26-17(14-25-10-5-4-6-11-25)22-19-18(26)20(27)24(3)21(28)23(19)2/h7-9,12H,4-6,10-11,13-14H2,1-3H3. The van der Waals surface area contributed by atoms with Crippen LogP contribution < -0.4 is 11.2 Å². The molecule has 0 spiro atoms. The van der Waals surface area contributed by atoms with Gasteiger partial charge < -0.3 is 4.57 Å². The highest BCUT2D eigenvalue weighted by Crippen LogP contribution is 2.18. The molecule has 0 bridgehead atoms. The molecule has 1 saturated heterocycles. The van der Waals surface area contributed by atoms with Gasteiger partial charge in [-0.15, -0.1) is 0 Å². The van der Waals surface area contributed by atoms with E-state index in [2.05, 4.69) is 30.0 Å². The lowest BCUT2D eigenvalue weighted by Gasteiger charge is -2.26. The molecular formula is C21H27N5O2. The minimum absolute atomic E-state index is 0.289. The van der Waals surface area contributed by atoms with Crippen molar-refractivity contribution in [3.63, 3.8) is 0 Å². The van der Waals surface area contributed by atoms with E-state index in [-0.39, 0.29) is 11.2 Å². The van der Waals surface area contributed by atoms with E-state index in [1.165, 1.54) is 41.0 Å². The van der Waals surface area contributed by atoms with E-state index in [9.17, 15) is 9.59 Å². The summed E-state index contributed by atoms with van der Waals surface area (Å²) in [5, 5.41) is 0. The molecule has 4 rings (SSSR count). The number of imidazole rings is 1. The molecule has 2 aromatic heterocycles. The molecule has 0 amide bonds. The average molecular weight is 381 g/mol. The first-order valence-corrected chi connectivity index (χ1v) is 9.88. The third-order valence-corrected chi connectivity index (χ3v) is 5.66. The van der Waals surface area contributed by atoms with Crippen molar-refractivity contribution in [1.29, 1.82) is 0 Å². The summed E-state index contributed by atoms with van der Waals surface area (Å²) in [7, 11) is 3.21. The second-order valence-corrected chi connectivity index (χ2v) is 7.82. The summed E-state index contributed by atoms with van der Waals surface area (Å²) in [5.41, 5.74) is 2.63. The van der Waals surface area contributed by atoms with Gasteiger partial charge in [0.25, 0.3) is 5.56 Å². The van der Waals surface area contributed by atoms with Gasteiger partial charge in [0.05, 0.1) is 6.54 Å². The molecule has 148 valence electrons. The Kier molecular flexibility index (Phi) is 4.93. The third kappa shape index (κ3) is 3.30. The summed E-state index contributed by atoms with van der Waals surface area (Å²) >= 11 is 0. The molecule has 28 heavy (non-hydrogen) atoms. The molecule has 3 heterocycles. The zero-order valence-electron chi connectivity index (χ0n) is 16.8. The molecule has 0 unspecified atom stereocenters. The highest BCUT2D eigenvalue weighted by molar-refractivity contribution is 5.71. The molecule has 3 aromatic rings. The fourth-order valence-corrected chi connectivity index (χ4v) is 4.09. The number of aryl methyl sites for hydroxylation is 2. The summed E-state index contributed by atoms with van der Waals surface area (Å²) in [5.74, 6) is 0.844. The number of hydrogen-bond acceptors (Lipinski definition) is 4. The number of fused-ring (bicyclic) bond motifs is 1. The Bertz CT molecular complexity index is 1130. The van der Waals surface area contributed by atoms with Crippen LogP contribution in [0.15, 0.2) is 33.9 Å². The van der Waals surface area contributed by atoms with E-state index in [1.54, 1.807) is 7.05 Å². The molecule has 0 aliphatic carbocycles. The van der Waals surface area contributed by atoms with Crippen molar-refractivity contribution in [2.24, 2.45) is 14.1 Å². The van der Waals surface area contributed by atoms with Crippen LogP contribution in [0.5, 0.6) is 0 Å². The maximum atomic E-state index is 13.0. The van der Waals surface area contributed by atoms with Gasteiger partial charge in [-0.1, -0.05) is 36.2 Å². The van der Waals surface area contributed by atoms with Crippen molar-refractivity contribution in [3.8, 4) is 0 Å². The second-order valence-electron chi connectivity index (χ2n) is 7.82. The van der Waals surface area contributed by atoms with Crippen molar-refractivity contribution < 1.29 is 0 Å². The molecule has 0 saturated carbocycles. The van der Waals surface area contributed by atoms with Crippen molar-refractivity contribution in [2.75, 3.05) is 13.1 Å².